The summed E-state index contributed by atoms with van der Waals surface area (Å²) >= 11 is 11.6. The molecule has 0 amide bonds. The molecule has 0 aliphatic heterocycles. The highest BCUT2D eigenvalue weighted by molar-refractivity contribution is 6.30. The minimum atomic E-state index is 0.0603. The Bertz CT molecular complexity index is 305. The van der Waals surface area contributed by atoms with Gasteiger partial charge < -0.3 is 5.32 Å². The Labute approximate surface area is 100 Å². The van der Waals surface area contributed by atoms with Crippen molar-refractivity contribution in [3.8, 4) is 0 Å². The summed E-state index contributed by atoms with van der Waals surface area (Å²) in [4.78, 5) is 8.13. The van der Waals surface area contributed by atoms with E-state index in [1.807, 2.05) is 0 Å². The van der Waals surface area contributed by atoms with Gasteiger partial charge in [-0.05, 0) is 5.41 Å². The minimum Gasteiger partial charge on any atom is -0.350 e. The lowest BCUT2D eigenvalue weighted by molar-refractivity contribution is 0.361. The maximum absolute atomic E-state index is 5.89. The SMILES string of the molecule is CC(C)(C)C(CCl)Nc1ncc(Cl)cn1. The van der Waals surface area contributed by atoms with Crippen LogP contribution in [0.15, 0.2) is 12.4 Å². The third-order valence-electron chi connectivity index (χ3n) is 2.12. The Balaban J connectivity index is 2.71. The zero-order chi connectivity index (χ0) is 11.5. The molecule has 5 heteroatoms. The molecule has 0 saturated carbocycles. The molecule has 1 aromatic heterocycles. The topological polar surface area (TPSA) is 37.8 Å². The fourth-order valence-corrected chi connectivity index (χ4v) is 1.67. The van der Waals surface area contributed by atoms with Gasteiger partial charge in [0.25, 0.3) is 0 Å². The van der Waals surface area contributed by atoms with Crippen LogP contribution in [0.3, 0.4) is 0 Å². The zero-order valence-corrected chi connectivity index (χ0v) is 10.6. The fraction of sp³-hybridized carbons (Fsp3) is 0.600. The van der Waals surface area contributed by atoms with Crippen LogP contribution < -0.4 is 5.32 Å². The number of alkyl halides is 1. The molecule has 84 valence electrons. The van der Waals surface area contributed by atoms with Gasteiger partial charge in [0, 0.05) is 11.9 Å². The van der Waals surface area contributed by atoms with Crippen LogP contribution in [0.4, 0.5) is 5.95 Å². The predicted octanol–water partition coefficient (Wildman–Crippen LogP) is 3.20. The lowest BCUT2D eigenvalue weighted by atomic mass is 9.88. The standard InChI is InChI=1S/C10H15Cl2N3/c1-10(2,3)8(4-11)15-9-13-5-7(12)6-14-9/h5-6,8H,4H2,1-3H3,(H,13,14,15). The molecule has 0 radical (unpaired) electrons. The van der Waals surface area contributed by atoms with Crippen LogP contribution in [0.1, 0.15) is 20.8 Å². The maximum atomic E-state index is 5.89. The van der Waals surface area contributed by atoms with E-state index in [4.69, 9.17) is 23.2 Å². The Morgan fingerprint density at radius 3 is 2.27 bits per heavy atom. The Hall–Kier alpha value is -0.540. The van der Waals surface area contributed by atoms with E-state index >= 15 is 0 Å². The Morgan fingerprint density at radius 1 is 1.33 bits per heavy atom. The molecule has 0 bridgehead atoms. The molecule has 0 aromatic carbocycles. The Morgan fingerprint density at radius 2 is 1.87 bits per heavy atom. The van der Waals surface area contributed by atoms with Crippen molar-refractivity contribution >= 4 is 29.2 Å². The van der Waals surface area contributed by atoms with Crippen LogP contribution in [0, 0.1) is 5.41 Å². The van der Waals surface area contributed by atoms with Gasteiger partial charge in [0.2, 0.25) is 5.95 Å². The van der Waals surface area contributed by atoms with Crippen LogP contribution in [0.5, 0.6) is 0 Å². The van der Waals surface area contributed by atoms with Gasteiger partial charge in [-0.15, -0.1) is 11.6 Å². The molecule has 0 fully saturated rings. The summed E-state index contributed by atoms with van der Waals surface area (Å²) in [6.07, 6.45) is 3.12. The number of aromatic nitrogens is 2. The van der Waals surface area contributed by atoms with Crippen LogP contribution >= 0.6 is 23.2 Å². The van der Waals surface area contributed by atoms with E-state index in [0.717, 1.165) is 0 Å². The molecular weight excluding hydrogens is 233 g/mol. The molecule has 1 rings (SSSR count). The predicted molar refractivity (Wildman–Crippen MR) is 64.6 cm³/mol. The highest BCUT2D eigenvalue weighted by Crippen LogP contribution is 2.22. The number of nitrogens with zero attached hydrogens (tertiary/aromatic N) is 2. The smallest absolute Gasteiger partial charge is 0.222 e. The number of rotatable bonds is 3. The molecular formula is C10H15Cl2N3. The summed E-state index contributed by atoms with van der Waals surface area (Å²) in [5.74, 6) is 1.06. The van der Waals surface area contributed by atoms with Gasteiger partial charge in [-0.25, -0.2) is 9.97 Å². The highest BCUT2D eigenvalue weighted by atomic mass is 35.5. The van der Waals surface area contributed by atoms with E-state index in [1.165, 1.54) is 0 Å². The molecule has 1 N–H and O–H groups in total. The van der Waals surface area contributed by atoms with Gasteiger partial charge in [-0.3, -0.25) is 0 Å². The summed E-state index contributed by atoms with van der Waals surface area (Å²) in [5, 5.41) is 3.71. The molecule has 1 unspecified atom stereocenters. The molecule has 1 heterocycles. The van der Waals surface area contributed by atoms with Gasteiger partial charge in [0.05, 0.1) is 17.4 Å². The van der Waals surface area contributed by atoms with Crippen LogP contribution in [0.2, 0.25) is 5.02 Å². The van der Waals surface area contributed by atoms with Crippen molar-refractivity contribution in [3.63, 3.8) is 0 Å². The number of nitrogens with one attached hydrogen (secondary N) is 1. The number of anilines is 1. The molecule has 3 nitrogen and oxygen atoms in total. The van der Waals surface area contributed by atoms with E-state index in [1.54, 1.807) is 12.4 Å². The number of halogens is 2. The van der Waals surface area contributed by atoms with Crippen molar-refractivity contribution in [2.75, 3.05) is 11.2 Å². The molecule has 0 spiro atoms. The van der Waals surface area contributed by atoms with Gasteiger partial charge in [-0.2, -0.15) is 0 Å². The molecule has 15 heavy (non-hydrogen) atoms. The van der Waals surface area contributed by atoms with Gasteiger partial charge in [-0.1, -0.05) is 32.4 Å². The molecule has 0 saturated heterocycles. The van der Waals surface area contributed by atoms with Crippen LogP contribution in [-0.2, 0) is 0 Å². The second-order valence-electron chi connectivity index (χ2n) is 4.44. The van der Waals surface area contributed by atoms with Crippen molar-refractivity contribution in [2.24, 2.45) is 5.41 Å². The monoisotopic (exact) mass is 247 g/mol. The highest BCUT2D eigenvalue weighted by Gasteiger charge is 2.24. The first kappa shape index (κ1) is 12.5. The average Bonchev–Trinajstić information content (AvgIpc) is 2.15. The first-order valence-corrected chi connectivity index (χ1v) is 5.65. The second kappa shape index (κ2) is 4.99. The third-order valence-corrected chi connectivity index (χ3v) is 2.63. The van der Waals surface area contributed by atoms with Crippen molar-refractivity contribution in [2.45, 2.75) is 26.8 Å². The summed E-state index contributed by atoms with van der Waals surface area (Å²) in [5.41, 5.74) is 0.0603. The van der Waals surface area contributed by atoms with E-state index in [0.29, 0.717) is 16.9 Å². The first-order chi connectivity index (χ1) is 6.93. The van der Waals surface area contributed by atoms with Gasteiger partial charge in [0.15, 0.2) is 0 Å². The lowest BCUT2D eigenvalue weighted by Crippen LogP contribution is -2.36. The normalized spacial score (nSPS) is 13.7. The average molecular weight is 248 g/mol. The van der Waals surface area contributed by atoms with E-state index in [2.05, 4.69) is 36.1 Å². The molecule has 1 aromatic rings. The fourth-order valence-electron chi connectivity index (χ4n) is 1.03. The quantitative estimate of drug-likeness (QED) is 0.834. The largest absolute Gasteiger partial charge is 0.350 e. The summed E-state index contributed by atoms with van der Waals surface area (Å²) in [7, 11) is 0. The molecule has 0 aliphatic rings. The van der Waals surface area contributed by atoms with E-state index < -0.39 is 0 Å². The zero-order valence-electron chi connectivity index (χ0n) is 9.09. The Kier molecular flexibility index (Phi) is 4.17. The van der Waals surface area contributed by atoms with Gasteiger partial charge >= 0.3 is 0 Å². The maximum Gasteiger partial charge on any atom is 0.222 e. The number of hydrogen-bond donors (Lipinski definition) is 1. The number of hydrogen-bond acceptors (Lipinski definition) is 3. The van der Waals surface area contributed by atoms with Crippen molar-refractivity contribution in [1.82, 2.24) is 9.97 Å². The van der Waals surface area contributed by atoms with Gasteiger partial charge in [0.1, 0.15) is 0 Å². The van der Waals surface area contributed by atoms with Crippen molar-refractivity contribution < 1.29 is 0 Å². The molecule has 0 aliphatic carbocycles. The summed E-state index contributed by atoms with van der Waals surface area (Å²) in [6, 6.07) is 0.125. The van der Waals surface area contributed by atoms with E-state index in [9.17, 15) is 0 Å². The van der Waals surface area contributed by atoms with E-state index in [-0.39, 0.29) is 11.5 Å². The third kappa shape index (κ3) is 3.84. The van der Waals surface area contributed by atoms with Crippen LogP contribution in [-0.4, -0.2) is 21.9 Å². The molecule has 1 atom stereocenters. The second-order valence-corrected chi connectivity index (χ2v) is 5.19. The van der Waals surface area contributed by atoms with Crippen molar-refractivity contribution in [3.05, 3.63) is 17.4 Å². The lowest BCUT2D eigenvalue weighted by Gasteiger charge is -2.29. The van der Waals surface area contributed by atoms with Crippen molar-refractivity contribution in [1.29, 1.82) is 0 Å². The first-order valence-electron chi connectivity index (χ1n) is 4.73. The minimum absolute atomic E-state index is 0.0603. The summed E-state index contributed by atoms with van der Waals surface area (Å²) in [6.45, 7) is 6.34. The van der Waals surface area contributed by atoms with Crippen LogP contribution in [0.25, 0.3) is 0 Å². The summed E-state index contributed by atoms with van der Waals surface area (Å²) < 4.78 is 0.